The number of nitrogens with one attached hydrogen (secondary N) is 1. The maximum absolute atomic E-state index is 4.36. The van der Waals surface area contributed by atoms with Gasteiger partial charge in [0, 0.05) is 62.0 Å². The van der Waals surface area contributed by atoms with E-state index in [1.54, 1.807) is 68.9 Å². The van der Waals surface area contributed by atoms with Crippen molar-refractivity contribution in [3.63, 3.8) is 0 Å². The van der Waals surface area contributed by atoms with Crippen molar-refractivity contribution in [3.8, 4) is 39.7 Å². The van der Waals surface area contributed by atoms with Crippen LogP contribution in [0, 0.1) is 0 Å². The van der Waals surface area contributed by atoms with Crippen molar-refractivity contribution >= 4 is 0 Å². The van der Waals surface area contributed by atoms with E-state index in [1.807, 2.05) is 60.0 Å². The maximum atomic E-state index is 4.36. The molecule has 0 aliphatic rings. The summed E-state index contributed by atoms with van der Waals surface area (Å²) in [5, 5.41) is 0. The Balaban J connectivity index is 1.79. The minimum absolute atomic E-state index is 0.822. The Bertz CT molecular complexity index is 1330. The SMILES string of the molecule is c1cn(-c2c(-c3cnc[nH]3)c(-n3ccnc3)c(-n3ccnc3)c(-n3ccnc3)c2-n2ccnc2)cn1. The first-order chi connectivity index (χ1) is 17.9. The molecule has 0 atom stereocenters. The summed E-state index contributed by atoms with van der Waals surface area (Å²) in [6, 6.07) is 0. The highest BCUT2D eigenvalue weighted by molar-refractivity contribution is 5.94. The minimum Gasteiger partial charge on any atom is -0.345 e. The molecule has 12 nitrogen and oxygen atoms in total. The highest BCUT2D eigenvalue weighted by atomic mass is 15.2. The van der Waals surface area contributed by atoms with Crippen molar-refractivity contribution in [2.24, 2.45) is 0 Å². The molecule has 0 saturated carbocycles. The lowest BCUT2D eigenvalue weighted by Crippen LogP contribution is -2.16. The van der Waals surface area contributed by atoms with E-state index in [1.165, 1.54) is 0 Å². The fraction of sp³-hybridized carbons (Fsp3) is 0. The summed E-state index contributed by atoms with van der Waals surface area (Å²) < 4.78 is 9.95. The normalized spacial score (nSPS) is 11.3. The number of H-pyrrole nitrogens is 1. The molecule has 0 fully saturated rings. The van der Waals surface area contributed by atoms with Gasteiger partial charge in [0.25, 0.3) is 0 Å². The molecule has 1 N–H and O–H groups in total. The molecule has 1 aromatic carbocycles. The number of aromatic amines is 1. The summed E-state index contributed by atoms with van der Waals surface area (Å²) in [5.74, 6) is 0. The van der Waals surface area contributed by atoms with E-state index in [4.69, 9.17) is 0 Å². The number of imidazole rings is 6. The standard InChI is InChI=1S/C24H18N12/c1-6-32(13-25-1)20-19(18-11-30-12-31-18)21(33-7-2-26-14-33)23(35-9-4-28-16-35)24(36-10-5-29-17-36)22(20)34-8-3-27-15-34/h1-17H,(H,30,31). The molecule has 7 rings (SSSR count). The first-order valence-electron chi connectivity index (χ1n) is 11.0. The lowest BCUT2D eigenvalue weighted by atomic mass is 10.00. The Morgan fingerprint density at radius 2 is 0.806 bits per heavy atom. The van der Waals surface area contributed by atoms with Gasteiger partial charge in [-0.25, -0.2) is 29.9 Å². The van der Waals surface area contributed by atoms with Gasteiger partial charge in [0.05, 0.1) is 83.9 Å². The summed E-state index contributed by atoms with van der Waals surface area (Å²) in [6.45, 7) is 0. The third-order valence-corrected chi connectivity index (χ3v) is 5.95. The van der Waals surface area contributed by atoms with E-state index in [9.17, 15) is 0 Å². The van der Waals surface area contributed by atoms with Gasteiger partial charge in [-0.3, -0.25) is 0 Å². The third kappa shape index (κ3) is 3.01. The molecule has 0 aliphatic heterocycles. The molecule has 6 aromatic heterocycles. The van der Waals surface area contributed by atoms with Gasteiger partial charge in [-0.05, 0) is 0 Å². The van der Waals surface area contributed by atoms with Gasteiger partial charge in [-0.1, -0.05) is 0 Å². The molecule has 0 bridgehead atoms. The van der Waals surface area contributed by atoms with Gasteiger partial charge in [-0.2, -0.15) is 0 Å². The van der Waals surface area contributed by atoms with Gasteiger partial charge in [0.15, 0.2) is 0 Å². The van der Waals surface area contributed by atoms with E-state index in [2.05, 4.69) is 34.9 Å². The molecule has 0 aliphatic carbocycles. The van der Waals surface area contributed by atoms with Gasteiger partial charge in [-0.15, -0.1) is 0 Å². The molecule has 12 heteroatoms. The first-order valence-corrected chi connectivity index (χ1v) is 11.0. The lowest BCUT2D eigenvalue weighted by molar-refractivity contribution is 0.903. The van der Waals surface area contributed by atoms with E-state index >= 15 is 0 Å². The molecule has 0 amide bonds. The summed E-state index contributed by atoms with van der Waals surface area (Å²) in [6.07, 6.45) is 30.7. The second-order valence-corrected chi connectivity index (χ2v) is 7.93. The van der Waals surface area contributed by atoms with Crippen LogP contribution in [-0.4, -0.2) is 57.7 Å². The zero-order valence-corrected chi connectivity index (χ0v) is 18.7. The summed E-state index contributed by atoms with van der Waals surface area (Å²) in [5.41, 5.74) is 6.03. The minimum atomic E-state index is 0.822. The van der Waals surface area contributed by atoms with Gasteiger partial charge in [0.1, 0.15) is 0 Å². The highest BCUT2D eigenvalue weighted by Crippen LogP contribution is 2.44. The van der Waals surface area contributed by atoms with E-state index in [0.29, 0.717) is 0 Å². The summed E-state index contributed by atoms with van der Waals surface area (Å²) in [4.78, 5) is 29.4. The van der Waals surface area contributed by atoms with Crippen molar-refractivity contribution in [2.45, 2.75) is 0 Å². The summed E-state index contributed by atoms with van der Waals surface area (Å²) in [7, 11) is 0. The van der Waals surface area contributed by atoms with Crippen molar-refractivity contribution in [1.82, 2.24) is 57.7 Å². The van der Waals surface area contributed by atoms with Crippen LogP contribution in [0.15, 0.2) is 106 Å². The van der Waals surface area contributed by atoms with Crippen molar-refractivity contribution in [1.29, 1.82) is 0 Å². The molecule has 0 unspecified atom stereocenters. The largest absolute Gasteiger partial charge is 0.345 e. The van der Waals surface area contributed by atoms with Crippen LogP contribution in [0.1, 0.15) is 0 Å². The number of rotatable bonds is 6. The molecular weight excluding hydrogens is 456 g/mol. The fourth-order valence-corrected chi connectivity index (χ4v) is 4.53. The van der Waals surface area contributed by atoms with E-state index in [-0.39, 0.29) is 0 Å². The Kier molecular flexibility index (Phi) is 4.45. The van der Waals surface area contributed by atoms with Crippen molar-refractivity contribution < 1.29 is 0 Å². The average molecular weight is 474 g/mol. The fourth-order valence-electron chi connectivity index (χ4n) is 4.53. The van der Waals surface area contributed by atoms with Crippen LogP contribution in [0.3, 0.4) is 0 Å². The highest BCUT2D eigenvalue weighted by Gasteiger charge is 2.30. The molecule has 0 radical (unpaired) electrons. The van der Waals surface area contributed by atoms with Crippen LogP contribution in [0.5, 0.6) is 0 Å². The van der Waals surface area contributed by atoms with Gasteiger partial charge in [0.2, 0.25) is 0 Å². The number of hydrogen-bond donors (Lipinski definition) is 1. The molecule has 6 heterocycles. The second-order valence-electron chi connectivity index (χ2n) is 7.93. The number of hydrogen-bond acceptors (Lipinski definition) is 6. The Morgan fingerprint density at radius 1 is 0.444 bits per heavy atom. The third-order valence-electron chi connectivity index (χ3n) is 5.95. The Labute approximate surface area is 203 Å². The van der Waals surface area contributed by atoms with E-state index < -0.39 is 0 Å². The molecule has 0 saturated heterocycles. The smallest absolute Gasteiger partial charge is 0.0993 e. The number of nitrogens with zero attached hydrogens (tertiary/aromatic N) is 11. The topological polar surface area (TPSA) is 118 Å². The first kappa shape index (κ1) is 19.9. The van der Waals surface area contributed by atoms with Crippen LogP contribution in [0.25, 0.3) is 39.7 Å². The number of benzene rings is 1. The molecular formula is C24H18N12. The predicted octanol–water partition coefficient (Wildman–Crippen LogP) is 3.01. The van der Waals surface area contributed by atoms with E-state index in [0.717, 1.165) is 39.7 Å². The Hall–Kier alpha value is -5.52. The molecule has 7 aromatic rings. The maximum Gasteiger partial charge on any atom is 0.0993 e. The molecule has 36 heavy (non-hydrogen) atoms. The zero-order chi connectivity index (χ0) is 23.9. The number of aromatic nitrogens is 12. The lowest BCUT2D eigenvalue weighted by Gasteiger charge is -2.27. The van der Waals surface area contributed by atoms with Crippen LogP contribution in [0.4, 0.5) is 0 Å². The molecule has 174 valence electrons. The van der Waals surface area contributed by atoms with Crippen molar-refractivity contribution in [2.75, 3.05) is 0 Å². The van der Waals surface area contributed by atoms with Crippen molar-refractivity contribution in [3.05, 3.63) is 106 Å². The van der Waals surface area contributed by atoms with Gasteiger partial charge < -0.3 is 27.8 Å². The molecule has 0 spiro atoms. The van der Waals surface area contributed by atoms with Gasteiger partial charge >= 0.3 is 0 Å². The van der Waals surface area contributed by atoms with Crippen LogP contribution in [0.2, 0.25) is 0 Å². The zero-order valence-electron chi connectivity index (χ0n) is 18.7. The van der Waals surface area contributed by atoms with Crippen LogP contribution in [-0.2, 0) is 0 Å². The summed E-state index contributed by atoms with van der Waals surface area (Å²) >= 11 is 0. The average Bonchev–Trinajstić information content (AvgIpc) is 3.78. The monoisotopic (exact) mass is 474 g/mol. The van der Waals surface area contributed by atoms with Crippen LogP contribution < -0.4 is 0 Å². The Morgan fingerprint density at radius 3 is 1.11 bits per heavy atom. The second kappa shape index (κ2) is 8.06. The predicted molar refractivity (Wildman–Crippen MR) is 130 cm³/mol. The quantitative estimate of drug-likeness (QED) is 0.396. The van der Waals surface area contributed by atoms with Crippen LogP contribution >= 0.6 is 0 Å².